The van der Waals surface area contributed by atoms with Crippen molar-refractivity contribution >= 4 is 11.7 Å². The van der Waals surface area contributed by atoms with E-state index in [2.05, 4.69) is 5.16 Å². The molecule has 0 atom stereocenters. The van der Waals surface area contributed by atoms with Gasteiger partial charge >= 0.3 is 5.97 Å². The number of ether oxygens (including phenoxy) is 2. The van der Waals surface area contributed by atoms with Crippen LogP contribution in [-0.4, -0.2) is 30.5 Å². The zero-order valence-corrected chi connectivity index (χ0v) is 18.3. The quantitative estimate of drug-likeness (QED) is 0.339. The first-order valence-corrected chi connectivity index (χ1v) is 10.4. The molecule has 0 spiro atoms. The van der Waals surface area contributed by atoms with Crippen molar-refractivity contribution in [1.82, 2.24) is 0 Å². The second kappa shape index (κ2) is 11.6. The van der Waals surface area contributed by atoms with E-state index < -0.39 is 5.97 Å². The summed E-state index contributed by atoms with van der Waals surface area (Å²) in [5, 5.41) is 12.8. The molecule has 0 aromatic heterocycles. The summed E-state index contributed by atoms with van der Waals surface area (Å²) in [6.07, 6.45) is 0.635. The molecule has 0 aliphatic carbocycles. The Hall–Kier alpha value is -3.80. The monoisotopic (exact) mass is 433 g/mol. The predicted molar refractivity (Wildman–Crippen MR) is 123 cm³/mol. The van der Waals surface area contributed by atoms with E-state index in [0.29, 0.717) is 25.3 Å². The highest BCUT2D eigenvalue weighted by molar-refractivity contribution is 6.01. The molecular weight excluding hydrogens is 406 g/mol. The van der Waals surface area contributed by atoms with Crippen LogP contribution in [0.5, 0.6) is 11.5 Å². The molecule has 1 N–H and O–H groups in total. The fourth-order valence-corrected chi connectivity index (χ4v) is 3.02. The second-order valence-electron chi connectivity index (χ2n) is 7.35. The number of aryl methyl sites for hydroxylation is 2. The fraction of sp³-hybridized carbons (Fsp3) is 0.231. The number of carboxylic acids is 1. The van der Waals surface area contributed by atoms with Gasteiger partial charge in [0.1, 0.15) is 37.5 Å². The predicted octanol–water partition coefficient (Wildman–Crippen LogP) is 5.02. The van der Waals surface area contributed by atoms with Crippen LogP contribution in [0, 0.1) is 6.92 Å². The van der Waals surface area contributed by atoms with Crippen LogP contribution >= 0.6 is 0 Å². The minimum Gasteiger partial charge on any atom is -0.489 e. The van der Waals surface area contributed by atoms with Gasteiger partial charge in [0.25, 0.3) is 0 Å². The van der Waals surface area contributed by atoms with E-state index in [1.54, 1.807) is 0 Å². The van der Waals surface area contributed by atoms with Crippen molar-refractivity contribution in [2.75, 3.05) is 13.7 Å². The molecule has 0 heterocycles. The molecule has 3 rings (SSSR count). The van der Waals surface area contributed by atoms with Crippen LogP contribution in [0.1, 0.15) is 28.7 Å². The Morgan fingerprint density at radius 1 is 0.844 bits per heavy atom. The number of carboxylic acid groups (broad SMARTS) is 1. The molecular formula is C26H27NO5. The van der Waals surface area contributed by atoms with Crippen molar-refractivity contribution in [3.8, 4) is 11.5 Å². The number of carbonyl (C=O) groups is 1. The summed E-state index contributed by atoms with van der Waals surface area (Å²) in [6.45, 7) is 2.76. The number of nitrogens with zero attached hydrogens (tertiary/aromatic N) is 1. The molecule has 3 aromatic carbocycles. The van der Waals surface area contributed by atoms with Gasteiger partial charge < -0.3 is 19.4 Å². The number of rotatable bonds is 11. The van der Waals surface area contributed by atoms with Crippen molar-refractivity contribution in [3.05, 3.63) is 95.1 Å². The summed E-state index contributed by atoms with van der Waals surface area (Å²) in [6, 6.07) is 23.2. The number of hydrogen-bond acceptors (Lipinski definition) is 5. The lowest BCUT2D eigenvalue weighted by molar-refractivity contribution is -0.136. The first kappa shape index (κ1) is 22.9. The molecule has 0 amide bonds. The Bertz CT molecular complexity index is 1030. The van der Waals surface area contributed by atoms with Crippen LogP contribution in [0.15, 0.2) is 78.0 Å². The minimum absolute atomic E-state index is 0.123. The lowest BCUT2D eigenvalue weighted by Crippen LogP contribution is -2.13. The molecule has 6 nitrogen and oxygen atoms in total. The van der Waals surface area contributed by atoms with E-state index in [4.69, 9.17) is 19.4 Å². The van der Waals surface area contributed by atoms with Gasteiger partial charge in [0, 0.05) is 12.0 Å². The number of aliphatic carboxylic acids is 1. The Kier molecular flexibility index (Phi) is 8.26. The maximum atomic E-state index is 10.7. The van der Waals surface area contributed by atoms with E-state index in [-0.39, 0.29) is 6.42 Å². The maximum Gasteiger partial charge on any atom is 0.303 e. The van der Waals surface area contributed by atoms with E-state index in [1.807, 2.05) is 79.7 Å². The molecule has 0 bridgehead atoms. The smallest absolute Gasteiger partial charge is 0.303 e. The van der Waals surface area contributed by atoms with Gasteiger partial charge in [0.05, 0.1) is 0 Å². The third-order valence-electron chi connectivity index (χ3n) is 4.84. The summed E-state index contributed by atoms with van der Waals surface area (Å²) in [5.41, 5.74) is 4.83. The fourth-order valence-electron chi connectivity index (χ4n) is 3.02. The van der Waals surface area contributed by atoms with Crippen LogP contribution < -0.4 is 9.47 Å². The first-order chi connectivity index (χ1) is 15.5. The Balaban J connectivity index is 1.50. The van der Waals surface area contributed by atoms with Crippen molar-refractivity contribution in [2.45, 2.75) is 26.4 Å². The Labute approximate surface area is 188 Å². The van der Waals surface area contributed by atoms with E-state index in [0.717, 1.165) is 28.2 Å². The van der Waals surface area contributed by atoms with Crippen molar-refractivity contribution in [3.63, 3.8) is 0 Å². The van der Waals surface area contributed by atoms with Gasteiger partial charge in [0.2, 0.25) is 0 Å². The third kappa shape index (κ3) is 7.16. The number of hydrogen-bond donors (Lipinski definition) is 1. The molecule has 0 unspecified atom stereocenters. The lowest BCUT2D eigenvalue weighted by atomic mass is 10.1. The highest BCUT2D eigenvalue weighted by Gasteiger charge is 2.07. The van der Waals surface area contributed by atoms with Crippen LogP contribution in [-0.2, 0) is 22.7 Å². The molecule has 0 aliphatic rings. The van der Waals surface area contributed by atoms with E-state index >= 15 is 0 Å². The molecule has 0 fully saturated rings. The van der Waals surface area contributed by atoms with Crippen LogP contribution in [0.2, 0.25) is 0 Å². The van der Waals surface area contributed by atoms with Gasteiger partial charge in [-0.3, -0.25) is 4.79 Å². The van der Waals surface area contributed by atoms with Gasteiger partial charge in [0.15, 0.2) is 0 Å². The Morgan fingerprint density at radius 2 is 1.44 bits per heavy atom. The van der Waals surface area contributed by atoms with Crippen molar-refractivity contribution < 1.29 is 24.2 Å². The van der Waals surface area contributed by atoms with Crippen LogP contribution in [0.4, 0.5) is 0 Å². The number of oxime groups is 1. The molecule has 0 saturated carbocycles. The van der Waals surface area contributed by atoms with Crippen molar-refractivity contribution in [2.24, 2.45) is 5.16 Å². The first-order valence-electron chi connectivity index (χ1n) is 10.4. The lowest BCUT2D eigenvalue weighted by Gasteiger charge is -2.11. The summed E-state index contributed by atoms with van der Waals surface area (Å²) in [7, 11) is 1.52. The van der Waals surface area contributed by atoms with Gasteiger partial charge in [-0.1, -0.05) is 59.3 Å². The van der Waals surface area contributed by atoms with Crippen LogP contribution in [0.3, 0.4) is 0 Å². The molecule has 3 aromatic rings. The maximum absolute atomic E-state index is 10.7. The molecule has 166 valence electrons. The zero-order chi connectivity index (χ0) is 22.8. The van der Waals surface area contributed by atoms with Gasteiger partial charge in [-0.2, -0.15) is 0 Å². The van der Waals surface area contributed by atoms with Gasteiger partial charge in [-0.05, 0) is 48.7 Å². The van der Waals surface area contributed by atoms with Crippen molar-refractivity contribution in [1.29, 1.82) is 0 Å². The molecule has 0 saturated heterocycles. The molecule has 0 radical (unpaired) electrons. The highest BCUT2D eigenvalue weighted by Crippen LogP contribution is 2.18. The zero-order valence-electron chi connectivity index (χ0n) is 18.3. The minimum atomic E-state index is -0.796. The summed E-state index contributed by atoms with van der Waals surface area (Å²) in [5.74, 6) is 0.672. The summed E-state index contributed by atoms with van der Waals surface area (Å²) in [4.78, 5) is 15.6. The average Bonchev–Trinajstić information content (AvgIpc) is 2.81. The van der Waals surface area contributed by atoms with Gasteiger partial charge in [-0.25, -0.2) is 0 Å². The normalized spacial score (nSPS) is 11.1. The topological polar surface area (TPSA) is 77.3 Å². The van der Waals surface area contributed by atoms with Crippen LogP contribution in [0.25, 0.3) is 0 Å². The molecule has 0 aliphatic heterocycles. The molecule has 32 heavy (non-hydrogen) atoms. The summed E-state index contributed by atoms with van der Waals surface area (Å²) < 4.78 is 11.7. The SMILES string of the molecule is CO/N=C(\COc1ccc(COc2ccc(CCC(=O)O)cc2)cc1)c1ccc(C)cc1. The number of benzene rings is 3. The van der Waals surface area contributed by atoms with E-state index in [1.165, 1.54) is 12.7 Å². The van der Waals surface area contributed by atoms with Gasteiger partial charge in [-0.15, -0.1) is 0 Å². The summed E-state index contributed by atoms with van der Waals surface area (Å²) >= 11 is 0. The largest absolute Gasteiger partial charge is 0.489 e. The van der Waals surface area contributed by atoms with E-state index in [9.17, 15) is 4.79 Å². The standard InChI is InChI=1S/C26H27NO5/c1-19-3-10-22(11-4-19)25(27-30-2)18-32-24-14-7-21(8-15-24)17-31-23-12-5-20(6-13-23)9-16-26(28)29/h3-8,10-15H,9,16-18H2,1-2H3,(H,28,29)/b27-25+. The highest BCUT2D eigenvalue weighted by atomic mass is 16.6. The molecule has 6 heteroatoms. The second-order valence-corrected chi connectivity index (χ2v) is 7.35. The Morgan fingerprint density at radius 3 is 2.03 bits per heavy atom. The third-order valence-corrected chi connectivity index (χ3v) is 4.84. The average molecular weight is 434 g/mol.